The van der Waals surface area contributed by atoms with Crippen LogP contribution in [0.3, 0.4) is 0 Å². The van der Waals surface area contributed by atoms with Gasteiger partial charge in [-0.3, -0.25) is 9.59 Å². The van der Waals surface area contributed by atoms with Gasteiger partial charge in [-0.15, -0.1) is 0 Å². The van der Waals surface area contributed by atoms with Gasteiger partial charge in [-0.2, -0.15) is 0 Å². The zero-order chi connectivity index (χ0) is 17.7. The van der Waals surface area contributed by atoms with E-state index in [1.807, 2.05) is 13.8 Å². The van der Waals surface area contributed by atoms with Crippen LogP contribution in [-0.2, 0) is 9.59 Å². The summed E-state index contributed by atoms with van der Waals surface area (Å²) in [6.45, 7) is 10.1. The third kappa shape index (κ3) is 1.53. The van der Waals surface area contributed by atoms with Crippen molar-refractivity contribution in [2.24, 2.45) is 34.0 Å². The maximum atomic E-state index is 13.1. The van der Waals surface area contributed by atoms with E-state index in [4.69, 9.17) is 0 Å². The number of hydrogen-bond donors (Lipinski definition) is 2. The molecule has 2 N–H and O–H groups in total. The Morgan fingerprint density at radius 1 is 1.08 bits per heavy atom. The van der Waals surface area contributed by atoms with Gasteiger partial charge >= 0.3 is 0 Å². The number of carbonyl (C=O) groups is 2. The molecule has 0 amide bonds. The van der Waals surface area contributed by atoms with E-state index in [1.165, 1.54) is 0 Å². The second-order valence-electron chi connectivity index (χ2n) is 9.42. The standard InChI is InChI=1S/C20H28O4/c1-10-11-5-6-12-19(4)8-7-14(21)18(2,3)13(19)9-15(22)20(12,16(10)23)17(11)24/h11-13,15,17,22,24H,1,5-9H2,2-4H3/t11?,12-,13+,15?,17?,19-,20?/m0/s1. The van der Waals surface area contributed by atoms with Crippen LogP contribution in [0.5, 0.6) is 0 Å². The van der Waals surface area contributed by atoms with E-state index < -0.39 is 23.0 Å². The second-order valence-corrected chi connectivity index (χ2v) is 9.42. The first kappa shape index (κ1) is 16.5. The summed E-state index contributed by atoms with van der Waals surface area (Å²) < 4.78 is 0. The summed E-state index contributed by atoms with van der Waals surface area (Å²) in [6.07, 6.45) is 1.53. The predicted octanol–water partition coefficient (Wildman–Crippen LogP) is 2.28. The lowest BCUT2D eigenvalue weighted by Gasteiger charge is -2.64. The maximum absolute atomic E-state index is 13.1. The Labute approximate surface area is 143 Å². The van der Waals surface area contributed by atoms with Crippen LogP contribution < -0.4 is 0 Å². The molecule has 4 saturated carbocycles. The molecule has 132 valence electrons. The molecule has 24 heavy (non-hydrogen) atoms. The van der Waals surface area contributed by atoms with Gasteiger partial charge in [0.15, 0.2) is 5.78 Å². The number of hydrogen-bond acceptors (Lipinski definition) is 4. The van der Waals surface area contributed by atoms with E-state index in [-0.39, 0.29) is 34.7 Å². The van der Waals surface area contributed by atoms with Crippen molar-refractivity contribution in [1.82, 2.24) is 0 Å². The minimum absolute atomic E-state index is 0.0438. The largest absolute Gasteiger partial charge is 0.392 e. The Morgan fingerprint density at radius 3 is 2.42 bits per heavy atom. The molecule has 0 aromatic heterocycles. The van der Waals surface area contributed by atoms with Gasteiger partial charge in [0.05, 0.1) is 17.6 Å². The average molecular weight is 332 g/mol. The molecule has 0 radical (unpaired) electrons. The van der Waals surface area contributed by atoms with E-state index in [2.05, 4.69) is 13.5 Å². The zero-order valence-corrected chi connectivity index (χ0v) is 14.8. The number of rotatable bonds is 0. The van der Waals surface area contributed by atoms with Crippen LogP contribution in [0.15, 0.2) is 12.2 Å². The fourth-order valence-corrected chi connectivity index (χ4v) is 7.14. The van der Waals surface area contributed by atoms with Gasteiger partial charge in [0.2, 0.25) is 0 Å². The van der Waals surface area contributed by atoms with Gasteiger partial charge in [-0.25, -0.2) is 0 Å². The summed E-state index contributed by atoms with van der Waals surface area (Å²) in [5, 5.41) is 22.1. The van der Waals surface area contributed by atoms with Gasteiger partial charge in [0, 0.05) is 17.8 Å². The summed E-state index contributed by atoms with van der Waals surface area (Å²) in [5.74, 6) is -0.109. The predicted molar refractivity (Wildman–Crippen MR) is 89.0 cm³/mol. The van der Waals surface area contributed by atoms with Crippen LogP contribution in [0.25, 0.3) is 0 Å². The number of carbonyl (C=O) groups excluding carboxylic acids is 2. The van der Waals surface area contributed by atoms with E-state index in [0.29, 0.717) is 18.4 Å². The highest BCUT2D eigenvalue weighted by Crippen LogP contribution is 2.70. The number of aliphatic hydroxyl groups excluding tert-OH is 2. The van der Waals surface area contributed by atoms with E-state index in [0.717, 1.165) is 19.3 Å². The Bertz CT molecular complexity index is 650. The summed E-state index contributed by atoms with van der Waals surface area (Å²) in [7, 11) is 0. The SMILES string of the molecule is C=C1C(=O)C23C(O)C[C@@H]4C(C)(C)C(=O)CC[C@@]4(C)[C@@H]2CCC1C3O. The Kier molecular flexibility index (Phi) is 3.15. The number of fused-ring (bicyclic) bond motifs is 3. The average Bonchev–Trinajstić information content (AvgIpc) is 2.64. The van der Waals surface area contributed by atoms with Gasteiger partial charge in [0.25, 0.3) is 0 Å². The molecule has 4 fully saturated rings. The van der Waals surface area contributed by atoms with Crippen LogP contribution in [0.2, 0.25) is 0 Å². The molecule has 4 unspecified atom stereocenters. The normalized spacial score (nSPS) is 52.9. The van der Waals surface area contributed by atoms with E-state index >= 15 is 0 Å². The van der Waals surface area contributed by atoms with Crippen molar-refractivity contribution in [3.63, 3.8) is 0 Å². The molecule has 0 heterocycles. The highest BCUT2D eigenvalue weighted by molar-refractivity contribution is 6.04. The Balaban J connectivity index is 1.88. The molecular weight excluding hydrogens is 304 g/mol. The van der Waals surface area contributed by atoms with Crippen LogP contribution in [0.4, 0.5) is 0 Å². The van der Waals surface area contributed by atoms with Crippen LogP contribution in [0.1, 0.15) is 52.9 Å². The molecule has 0 saturated heterocycles. The molecule has 4 nitrogen and oxygen atoms in total. The van der Waals surface area contributed by atoms with Crippen molar-refractivity contribution in [2.45, 2.75) is 65.1 Å². The van der Waals surface area contributed by atoms with Gasteiger partial charge in [0.1, 0.15) is 5.78 Å². The molecule has 0 aromatic rings. The molecule has 4 aliphatic rings. The van der Waals surface area contributed by atoms with Crippen molar-refractivity contribution in [3.8, 4) is 0 Å². The van der Waals surface area contributed by atoms with Gasteiger partial charge in [-0.1, -0.05) is 27.4 Å². The smallest absolute Gasteiger partial charge is 0.170 e. The molecular formula is C20H28O4. The number of Topliss-reactive ketones (excluding diaryl/α,β-unsaturated/α-hetero) is 2. The topological polar surface area (TPSA) is 74.6 Å². The van der Waals surface area contributed by atoms with Crippen LogP contribution in [-0.4, -0.2) is 34.0 Å². The molecule has 1 spiro atoms. The third-order valence-electron chi connectivity index (χ3n) is 8.43. The second kappa shape index (κ2) is 4.59. The van der Waals surface area contributed by atoms with E-state index in [9.17, 15) is 19.8 Å². The Hall–Kier alpha value is -1.00. The van der Waals surface area contributed by atoms with E-state index in [1.54, 1.807) is 0 Å². The molecule has 0 aromatic carbocycles. The summed E-state index contributed by atoms with van der Waals surface area (Å²) in [4.78, 5) is 25.6. The van der Waals surface area contributed by atoms with Gasteiger partial charge in [-0.05, 0) is 48.5 Å². The minimum Gasteiger partial charge on any atom is -0.392 e. The molecule has 4 aliphatic carbocycles. The minimum atomic E-state index is -1.10. The lowest BCUT2D eigenvalue weighted by atomic mass is 9.39. The maximum Gasteiger partial charge on any atom is 0.170 e. The fraction of sp³-hybridized carbons (Fsp3) is 0.800. The molecule has 4 rings (SSSR count). The quantitative estimate of drug-likeness (QED) is 0.667. The third-order valence-corrected chi connectivity index (χ3v) is 8.43. The summed E-state index contributed by atoms with van der Waals surface area (Å²) in [5.41, 5.74) is -1.29. The van der Waals surface area contributed by atoms with Crippen molar-refractivity contribution in [3.05, 3.63) is 12.2 Å². The molecule has 0 aliphatic heterocycles. The fourth-order valence-electron chi connectivity index (χ4n) is 7.14. The number of aliphatic hydroxyl groups is 2. The van der Waals surface area contributed by atoms with Crippen molar-refractivity contribution >= 4 is 11.6 Å². The lowest BCUT2D eigenvalue weighted by molar-refractivity contribution is -0.222. The first-order valence-electron chi connectivity index (χ1n) is 9.22. The van der Waals surface area contributed by atoms with Crippen LogP contribution >= 0.6 is 0 Å². The van der Waals surface area contributed by atoms with Crippen LogP contribution in [0, 0.1) is 34.0 Å². The summed E-state index contributed by atoms with van der Waals surface area (Å²) >= 11 is 0. The zero-order valence-electron chi connectivity index (χ0n) is 14.8. The monoisotopic (exact) mass is 332 g/mol. The highest BCUT2D eigenvalue weighted by Gasteiger charge is 2.74. The lowest BCUT2D eigenvalue weighted by Crippen LogP contribution is -2.67. The molecule has 7 atom stereocenters. The highest BCUT2D eigenvalue weighted by atomic mass is 16.3. The van der Waals surface area contributed by atoms with Gasteiger partial charge < -0.3 is 10.2 Å². The van der Waals surface area contributed by atoms with Crippen molar-refractivity contribution in [1.29, 1.82) is 0 Å². The number of ketones is 2. The summed E-state index contributed by atoms with van der Waals surface area (Å²) in [6, 6.07) is 0. The Morgan fingerprint density at radius 2 is 1.75 bits per heavy atom. The molecule has 4 heteroatoms. The van der Waals surface area contributed by atoms with Crippen molar-refractivity contribution < 1.29 is 19.8 Å². The first-order valence-corrected chi connectivity index (χ1v) is 9.22. The van der Waals surface area contributed by atoms with Crippen molar-refractivity contribution in [2.75, 3.05) is 0 Å². The first-order chi connectivity index (χ1) is 11.1. The molecule has 2 bridgehead atoms.